The molecule has 0 amide bonds. The highest BCUT2D eigenvalue weighted by atomic mass is 32.2. The number of methoxy groups -OCH3 is 1. The molecule has 3 heterocycles. The highest BCUT2D eigenvalue weighted by Gasteiger charge is 2.20. The first-order chi connectivity index (χ1) is 12.6. The third-order valence-corrected chi connectivity index (χ3v) is 5.01. The number of imidazole rings is 2. The Labute approximate surface area is 151 Å². The summed E-state index contributed by atoms with van der Waals surface area (Å²) in [7, 11) is 1.56. The van der Waals surface area contributed by atoms with Crippen LogP contribution in [-0.4, -0.2) is 36.2 Å². The maximum atomic E-state index is 14.3. The van der Waals surface area contributed by atoms with E-state index in [-0.39, 0.29) is 10.9 Å². The lowest BCUT2D eigenvalue weighted by Crippen LogP contribution is -2.08. The van der Waals surface area contributed by atoms with Gasteiger partial charge in [0.25, 0.3) is 0 Å². The van der Waals surface area contributed by atoms with Gasteiger partial charge in [0.1, 0.15) is 11.6 Å². The average Bonchev–Trinajstić information content (AvgIpc) is 3.30. The summed E-state index contributed by atoms with van der Waals surface area (Å²) in [5, 5.41) is 0.270. The minimum Gasteiger partial charge on any atom is -0.609 e. The maximum Gasteiger partial charge on any atom is 0.322 e. The predicted molar refractivity (Wildman–Crippen MR) is 94.1 cm³/mol. The van der Waals surface area contributed by atoms with Crippen LogP contribution in [-0.2, 0) is 16.9 Å². The summed E-state index contributed by atoms with van der Waals surface area (Å²) in [6.45, 7) is 0. The van der Waals surface area contributed by atoms with E-state index in [0.717, 1.165) is 0 Å². The molecule has 0 aliphatic carbocycles. The van der Waals surface area contributed by atoms with Crippen molar-refractivity contribution in [2.45, 2.75) is 10.9 Å². The van der Waals surface area contributed by atoms with Gasteiger partial charge in [-0.05, 0) is 12.1 Å². The molecule has 0 saturated carbocycles. The largest absolute Gasteiger partial charge is 0.609 e. The second-order valence-corrected chi connectivity index (χ2v) is 6.88. The van der Waals surface area contributed by atoms with Gasteiger partial charge in [-0.2, -0.15) is 4.98 Å². The van der Waals surface area contributed by atoms with Crippen LogP contribution in [0.25, 0.3) is 16.7 Å². The van der Waals surface area contributed by atoms with Gasteiger partial charge in [-0.1, -0.05) is 0 Å². The second-order valence-electron chi connectivity index (χ2n) is 5.51. The van der Waals surface area contributed by atoms with E-state index in [2.05, 4.69) is 19.9 Å². The van der Waals surface area contributed by atoms with E-state index in [1.807, 2.05) is 0 Å². The molecule has 0 aliphatic heterocycles. The zero-order valence-corrected chi connectivity index (χ0v) is 14.5. The molecule has 3 aromatic heterocycles. The minimum atomic E-state index is -1.45. The van der Waals surface area contributed by atoms with Crippen molar-refractivity contribution in [2.75, 3.05) is 7.11 Å². The first-order valence-corrected chi connectivity index (χ1v) is 9.01. The third-order valence-electron chi connectivity index (χ3n) is 3.83. The molecule has 0 saturated heterocycles. The van der Waals surface area contributed by atoms with E-state index in [4.69, 9.17) is 4.74 Å². The second kappa shape index (κ2) is 6.77. The number of aromatic amines is 1. The number of rotatable bonds is 5. The molecular formula is C17H14FN5O2S. The molecule has 1 N–H and O–H groups in total. The molecule has 26 heavy (non-hydrogen) atoms. The lowest BCUT2D eigenvalue weighted by atomic mass is 10.2. The van der Waals surface area contributed by atoms with E-state index >= 15 is 0 Å². The number of nitrogens with one attached hydrogen (secondary N) is 1. The smallest absolute Gasteiger partial charge is 0.322 e. The lowest BCUT2D eigenvalue weighted by Gasteiger charge is -2.07. The number of aromatic nitrogens is 5. The number of pyridine rings is 1. The van der Waals surface area contributed by atoms with Crippen LogP contribution in [0.1, 0.15) is 5.69 Å². The molecule has 7 nitrogen and oxygen atoms in total. The summed E-state index contributed by atoms with van der Waals surface area (Å²) in [5.74, 6) is 0.392. The van der Waals surface area contributed by atoms with Gasteiger partial charge in [-0.25, -0.2) is 9.37 Å². The molecule has 9 heteroatoms. The normalized spacial score (nSPS) is 12.4. The van der Waals surface area contributed by atoms with Crippen molar-refractivity contribution in [1.82, 2.24) is 24.5 Å². The molecular weight excluding hydrogens is 357 g/mol. The van der Waals surface area contributed by atoms with Gasteiger partial charge in [-0.3, -0.25) is 9.97 Å². The standard InChI is InChI=1S/C17H14FN5O2S/c1-25-12-2-3-20-11(6-12)9-26(24)17-21-14-7-13(18)16(8-15(14)22-17)23-5-4-19-10-23/h2-8,10H,9H2,1H3,(H,21,22). The Morgan fingerprint density at radius 3 is 2.96 bits per heavy atom. The molecule has 0 radical (unpaired) electrons. The first kappa shape index (κ1) is 16.6. The number of fused-ring (bicyclic) bond motifs is 1. The Morgan fingerprint density at radius 1 is 1.31 bits per heavy atom. The van der Waals surface area contributed by atoms with Crippen molar-refractivity contribution in [3.63, 3.8) is 0 Å². The summed E-state index contributed by atoms with van der Waals surface area (Å²) in [5.41, 5.74) is 1.95. The fraction of sp³-hybridized carbons (Fsp3) is 0.118. The number of hydrogen-bond acceptors (Lipinski definition) is 5. The van der Waals surface area contributed by atoms with E-state index in [9.17, 15) is 8.94 Å². The number of halogens is 1. The number of ether oxygens (including phenoxy) is 1. The monoisotopic (exact) mass is 371 g/mol. The van der Waals surface area contributed by atoms with Gasteiger partial charge in [0.05, 0.1) is 35.9 Å². The third kappa shape index (κ3) is 3.14. The molecule has 0 spiro atoms. The number of H-pyrrole nitrogens is 1. The van der Waals surface area contributed by atoms with Crippen molar-refractivity contribution in [3.8, 4) is 11.4 Å². The Morgan fingerprint density at radius 2 is 2.19 bits per heavy atom. The number of nitrogens with zero attached hydrogens (tertiary/aromatic N) is 4. The van der Waals surface area contributed by atoms with Crippen LogP contribution >= 0.6 is 0 Å². The Hall–Kier alpha value is -2.91. The number of benzene rings is 1. The highest BCUT2D eigenvalue weighted by molar-refractivity contribution is 7.90. The molecule has 0 aliphatic rings. The Kier molecular flexibility index (Phi) is 4.31. The SMILES string of the molecule is COc1ccnc(C[S+]([O-])c2nc3cc(-n4ccnc4)c(F)cc3[nH]2)c1. The lowest BCUT2D eigenvalue weighted by molar-refractivity contribution is 0.413. The van der Waals surface area contributed by atoms with Crippen LogP contribution < -0.4 is 4.74 Å². The quantitative estimate of drug-likeness (QED) is 0.545. The van der Waals surface area contributed by atoms with Crippen molar-refractivity contribution < 1.29 is 13.7 Å². The van der Waals surface area contributed by atoms with Crippen LogP contribution in [0.15, 0.2) is 54.3 Å². The molecule has 4 rings (SSSR count). The summed E-state index contributed by atoms with van der Waals surface area (Å²) >= 11 is -1.45. The maximum absolute atomic E-state index is 14.3. The van der Waals surface area contributed by atoms with E-state index in [1.165, 1.54) is 12.4 Å². The van der Waals surface area contributed by atoms with Gasteiger partial charge in [0.2, 0.25) is 0 Å². The highest BCUT2D eigenvalue weighted by Crippen LogP contribution is 2.23. The van der Waals surface area contributed by atoms with Crippen molar-refractivity contribution in [3.05, 3.63) is 60.7 Å². The van der Waals surface area contributed by atoms with E-state index in [0.29, 0.717) is 28.2 Å². The van der Waals surface area contributed by atoms with Crippen LogP contribution in [0.3, 0.4) is 0 Å². The Bertz CT molecular complexity index is 1050. The van der Waals surface area contributed by atoms with Gasteiger partial charge in [-0.15, -0.1) is 0 Å². The minimum absolute atomic E-state index is 0.174. The average molecular weight is 371 g/mol. The molecule has 0 fully saturated rings. The van der Waals surface area contributed by atoms with Gasteiger partial charge in [0, 0.05) is 41.9 Å². The van der Waals surface area contributed by atoms with Crippen LogP contribution in [0.4, 0.5) is 4.39 Å². The van der Waals surface area contributed by atoms with Crippen molar-refractivity contribution >= 4 is 22.2 Å². The first-order valence-electron chi connectivity index (χ1n) is 7.69. The number of hydrogen-bond donors (Lipinski definition) is 1. The molecule has 1 aromatic carbocycles. The zero-order chi connectivity index (χ0) is 18.1. The molecule has 132 valence electrons. The van der Waals surface area contributed by atoms with Crippen LogP contribution in [0.2, 0.25) is 0 Å². The fourth-order valence-corrected chi connectivity index (χ4v) is 3.56. The summed E-state index contributed by atoms with van der Waals surface area (Å²) in [6.07, 6.45) is 6.31. The summed E-state index contributed by atoms with van der Waals surface area (Å²) in [6, 6.07) is 6.36. The Balaban J connectivity index is 1.64. The topological polar surface area (TPSA) is 91.7 Å². The summed E-state index contributed by atoms with van der Waals surface area (Å²) in [4.78, 5) is 15.4. The van der Waals surface area contributed by atoms with Crippen molar-refractivity contribution in [2.24, 2.45) is 0 Å². The zero-order valence-electron chi connectivity index (χ0n) is 13.7. The molecule has 0 bridgehead atoms. The van der Waals surface area contributed by atoms with Crippen LogP contribution in [0, 0.1) is 5.82 Å². The van der Waals surface area contributed by atoms with E-state index in [1.54, 1.807) is 48.5 Å². The predicted octanol–water partition coefficient (Wildman–Crippen LogP) is 2.60. The van der Waals surface area contributed by atoms with Gasteiger partial charge >= 0.3 is 5.16 Å². The van der Waals surface area contributed by atoms with Crippen molar-refractivity contribution in [1.29, 1.82) is 0 Å². The van der Waals surface area contributed by atoms with Gasteiger partial charge in [0.15, 0.2) is 5.75 Å². The molecule has 1 atom stereocenters. The molecule has 4 aromatic rings. The van der Waals surface area contributed by atoms with E-state index < -0.39 is 17.0 Å². The van der Waals surface area contributed by atoms with Gasteiger partial charge < -0.3 is 13.9 Å². The fourth-order valence-electron chi connectivity index (χ4n) is 2.57. The molecule has 1 unspecified atom stereocenters. The van der Waals surface area contributed by atoms with Crippen LogP contribution in [0.5, 0.6) is 5.75 Å². The summed E-state index contributed by atoms with van der Waals surface area (Å²) < 4.78 is 33.6.